The molecule has 3 aromatic heterocycles. The lowest BCUT2D eigenvalue weighted by Crippen LogP contribution is -2.21. The van der Waals surface area contributed by atoms with E-state index in [1.807, 2.05) is 60.8 Å². The molecule has 0 aliphatic carbocycles. The molecule has 0 aliphatic rings. The van der Waals surface area contributed by atoms with Crippen molar-refractivity contribution >= 4 is 71.4 Å². The van der Waals surface area contributed by atoms with Crippen molar-refractivity contribution in [3.8, 4) is 0 Å². The number of carbonyl (C=O) groups excluding carboxylic acids is 1. The van der Waals surface area contributed by atoms with Gasteiger partial charge in [-0.3, -0.25) is 4.79 Å². The monoisotopic (exact) mass is 533 g/mol. The predicted octanol–water partition coefficient (Wildman–Crippen LogP) is 4.18. The van der Waals surface area contributed by atoms with Gasteiger partial charge >= 0.3 is 0 Å². The maximum Gasteiger partial charge on any atom is 0.294 e. The number of nitrogens with one attached hydrogen (secondary N) is 3. The highest BCUT2D eigenvalue weighted by atomic mass is 32.2. The summed E-state index contributed by atoms with van der Waals surface area (Å²) in [5.74, 6) is 0.566. The van der Waals surface area contributed by atoms with Gasteiger partial charge in [0.05, 0.1) is 16.5 Å². The lowest BCUT2D eigenvalue weighted by Gasteiger charge is -2.13. The second-order valence-electron chi connectivity index (χ2n) is 8.52. The van der Waals surface area contributed by atoms with Crippen LogP contribution in [0.5, 0.6) is 0 Å². The Morgan fingerprint density at radius 3 is 2.57 bits per heavy atom. The van der Waals surface area contributed by atoms with Crippen LogP contribution in [0.15, 0.2) is 60.0 Å². The summed E-state index contributed by atoms with van der Waals surface area (Å²) in [5, 5.41) is 9.58. The zero-order valence-electron chi connectivity index (χ0n) is 19.9. The summed E-state index contributed by atoms with van der Waals surface area (Å²) in [6.45, 7) is 2.19. The first-order chi connectivity index (χ1) is 17.6. The number of nitrogens with zero attached hydrogens (tertiary/aromatic N) is 3. The molecule has 0 atom stereocenters. The standard InChI is InChI=1S/C25H23N7O3S2/c1-14-3-8-18-16(11-14)12-20(28-17-6-4-15(5-7-17)13-27-37(2,34)35)30-23(18)32-25(33)24-29-19-9-10-36-21(19)22(26)31-24/h3-12,27H,13H2,1-2H3,(H2,26,29,31)(H2,28,30,32,33). The van der Waals surface area contributed by atoms with Gasteiger partial charge < -0.3 is 16.4 Å². The fourth-order valence-electron chi connectivity index (χ4n) is 3.76. The summed E-state index contributed by atoms with van der Waals surface area (Å²) >= 11 is 1.42. The average molecular weight is 534 g/mol. The predicted molar refractivity (Wildman–Crippen MR) is 148 cm³/mol. The third-order valence-electron chi connectivity index (χ3n) is 5.52. The van der Waals surface area contributed by atoms with E-state index in [0.29, 0.717) is 17.2 Å². The molecule has 5 N–H and O–H groups in total. The number of benzene rings is 2. The molecular weight excluding hydrogens is 510 g/mol. The van der Waals surface area contributed by atoms with Crippen molar-refractivity contribution in [2.45, 2.75) is 13.5 Å². The van der Waals surface area contributed by atoms with E-state index in [0.717, 1.165) is 38.5 Å². The van der Waals surface area contributed by atoms with Gasteiger partial charge in [0, 0.05) is 17.6 Å². The van der Waals surface area contributed by atoms with E-state index in [1.54, 1.807) is 6.07 Å². The van der Waals surface area contributed by atoms with E-state index >= 15 is 0 Å². The number of amides is 1. The van der Waals surface area contributed by atoms with Crippen LogP contribution < -0.4 is 21.1 Å². The Bertz CT molecular complexity index is 1750. The maximum absolute atomic E-state index is 13.1. The van der Waals surface area contributed by atoms with Gasteiger partial charge in [-0.25, -0.2) is 28.1 Å². The minimum Gasteiger partial charge on any atom is -0.382 e. The van der Waals surface area contributed by atoms with Crippen LogP contribution in [0.4, 0.5) is 23.1 Å². The van der Waals surface area contributed by atoms with E-state index in [1.165, 1.54) is 11.3 Å². The van der Waals surface area contributed by atoms with Crippen molar-refractivity contribution in [2.24, 2.45) is 0 Å². The summed E-state index contributed by atoms with van der Waals surface area (Å²) in [4.78, 5) is 26.2. The Morgan fingerprint density at radius 2 is 1.81 bits per heavy atom. The molecule has 12 heteroatoms. The number of rotatable bonds is 7. The van der Waals surface area contributed by atoms with Crippen molar-refractivity contribution in [3.63, 3.8) is 0 Å². The number of hydrogen-bond donors (Lipinski definition) is 4. The third-order valence-corrected chi connectivity index (χ3v) is 7.11. The Morgan fingerprint density at radius 1 is 1.03 bits per heavy atom. The summed E-state index contributed by atoms with van der Waals surface area (Å²) in [6.07, 6.45) is 1.12. The van der Waals surface area contributed by atoms with Crippen molar-refractivity contribution in [2.75, 3.05) is 22.6 Å². The van der Waals surface area contributed by atoms with Gasteiger partial charge in [-0.05, 0) is 47.5 Å². The van der Waals surface area contributed by atoms with Crippen LogP contribution in [0.3, 0.4) is 0 Å². The fourth-order valence-corrected chi connectivity index (χ4v) is 4.92. The molecule has 0 aliphatic heterocycles. The molecule has 0 bridgehead atoms. The Balaban J connectivity index is 1.43. The van der Waals surface area contributed by atoms with E-state index in [9.17, 15) is 13.2 Å². The van der Waals surface area contributed by atoms with Gasteiger partial charge in [0.2, 0.25) is 15.8 Å². The topological polar surface area (TPSA) is 152 Å². The molecule has 0 spiro atoms. The quantitative estimate of drug-likeness (QED) is 0.243. The molecule has 10 nitrogen and oxygen atoms in total. The Kier molecular flexibility index (Phi) is 6.46. The van der Waals surface area contributed by atoms with E-state index in [2.05, 4.69) is 30.3 Å². The highest BCUT2D eigenvalue weighted by molar-refractivity contribution is 7.88. The molecule has 0 saturated carbocycles. The van der Waals surface area contributed by atoms with Crippen molar-refractivity contribution in [1.29, 1.82) is 0 Å². The molecule has 5 aromatic rings. The molecule has 3 heterocycles. The minimum absolute atomic E-state index is 0.0397. The first kappa shape index (κ1) is 24.6. The van der Waals surface area contributed by atoms with Gasteiger partial charge in [0.25, 0.3) is 5.91 Å². The third kappa shape index (κ3) is 5.66. The second kappa shape index (κ2) is 9.73. The summed E-state index contributed by atoms with van der Waals surface area (Å²) in [7, 11) is -3.28. The SMILES string of the molecule is Cc1ccc2c(NC(=O)c3nc(N)c4sccc4n3)nc(Nc3ccc(CNS(C)(=O)=O)cc3)cc2c1. The lowest BCUT2D eigenvalue weighted by atomic mass is 10.1. The van der Waals surface area contributed by atoms with E-state index in [4.69, 9.17) is 5.73 Å². The van der Waals surface area contributed by atoms with E-state index < -0.39 is 15.9 Å². The van der Waals surface area contributed by atoms with Gasteiger partial charge in [0.1, 0.15) is 17.5 Å². The second-order valence-corrected chi connectivity index (χ2v) is 11.3. The zero-order chi connectivity index (χ0) is 26.2. The highest BCUT2D eigenvalue weighted by Gasteiger charge is 2.17. The molecule has 1 amide bonds. The molecule has 0 radical (unpaired) electrons. The number of nitrogen functional groups attached to an aromatic ring is 1. The number of anilines is 4. The summed E-state index contributed by atoms with van der Waals surface area (Å²) < 4.78 is 25.9. The first-order valence-electron chi connectivity index (χ1n) is 11.2. The Hall–Kier alpha value is -4.13. The number of hydrogen-bond acceptors (Lipinski definition) is 9. The smallest absolute Gasteiger partial charge is 0.294 e. The molecule has 188 valence electrons. The number of carbonyl (C=O) groups is 1. The van der Waals surface area contributed by atoms with Crippen LogP contribution in [0.1, 0.15) is 21.7 Å². The van der Waals surface area contributed by atoms with Crippen LogP contribution in [-0.2, 0) is 16.6 Å². The molecular formula is C25H23N7O3S2. The minimum atomic E-state index is -3.28. The van der Waals surface area contributed by atoms with Crippen LogP contribution >= 0.6 is 11.3 Å². The maximum atomic E-state index is 13.1. The fraction of sp³-hybridized carbons (Fsp3) is 0.120. The molecule has 0 unspecified atom stereocenters. The number of pyridine rings is 1. The van der Waals surface area contributed by atoms with Crippen LogP contribution in [0.25, 0.3) is 21.0 Å². The molecule has 0 saturated heterocycles. The largest absolute Gasteiger partial charge is 0.382 e. The number of nitrogens with two attached hydrogens (primary N) is 1. The normalized spacial score (nSPS) is 11.6. The van der Waals surface area contributed by atoms with Gasteiger partial charge in [-0.15, -0.1) is 11.3 Å². The summed E-state index contributed by atoms with van der Waals surface area (Å²) in [5.41, 5.74) is 9.25. The molecule has 37 heavy (non-hydrogen) atoms. The Labute approximate surface area is 217 Å². The first-order valence-corrected chi connectivity index (χ1v) is 14.0. The lowest BCUT2D eigenvalue weighted by molar-refractivity contribution is 0.101. The molecule has 2 aromatic carbocycles. The van der Waals surface area contributed by atoms with E-state index in [-0.39, 0.29) is 18.2 Å². The number of sulfonamides is 1. The number of thiophene rings is 1. The average Bonchev–Trinajstić information content (AvgIpc) is 3.32. The van der Waals surface area contributed by atoms with Crippen LogP contribution in [0.2, 0.25) is 0 Å². The number of aromatic nitrogens is 3. The van der Waals surface area contributed by atoms with Crippen molar-refractivity contribution in [1.82, 2.24) is 19.7 Å². The number of fused-ring (bicyclic) bond motifs is 2. The van der Waals surface area contributed by atoms with Crippen LogP contribution in [0, 0.1) is 6.92 Å². The van der Waals surface area contributed by atoms with Crippen molar-refractivity contribution in [3.05, 3.63) is 76.9 Å². The summed E-state index contributed by atoms with van der Waals surface area (Å²) in [6, 6.07) is 16.8. The van der Waals surface area contributed by atoms with Crippen molar-refractivity contribution < 1.29 is 13.2 Å². The highest BCUT2D eigenvalue weighted by Crippen LogP contribution is 2.29. The van der Waals surface area contributed by atoms with Crippen LogP contribution in [-0.4, -0.2) is 35.5 Å². The number of aryl methyl sites for hydroxylation is 1. The zero-order valence-corrected chi connectivity index (χ0v) is 21.6. The van der Waals surface area contributed by atoms with Gasteiger partial charge in [-0.1, -0.05) is 35.9 Å². The molecule has 5 rings (SSSR count). The van der Waals surface area contributed by atoms with Gasteiger partial charge in [0.15, 0.2) is 0 Å². The van der Waals surface area contributed by atoms with Gasteiger partial charge in [-0.2, -0.15) is 0 Å². The molecule has 0 fully saturated rings.